The molecule has 32 heavy (non-hydrogen) atoms. The summed E-state index contributed by atoms with van der Waals surface area (Å²) in [5.74, 6) is -0.434. The third-order valence-corrected chi connectivity index (χ3v) is 6.83. The zero-order valence-corrected chi connectivity index (χ0v) is 18.8. The van der Waals surface area contributed by atoms with Crippen molar-refractivity contribution in [3.63, 3.8) is 0 Å². The summed E-state index contributed by atoms with van der Waals surface area (Å²) in [4.78, 5) is 22.4. The fraction of sp³-hybridized carbons (Fsp3) is 0.333. The van der Waals surface area contributed by atoms with Crippen LogP contribution in [0.2, 0.25) is 0 Å². The minimum absolute atomic E-state index is 0.0231. The number of ether oxygens (including phenoxy) is 1. The molecule has 1 aromatic carbocycles. The maximum atomic E-state index is 13.8. The molecule has 2 unspecified atom stereocenters. The Kier molecular flexibility index (Phi) is 6.04. The molecule has 1 saturated heterocycles. The second kappa shape index (κ2) is 8.77. The molecule has 3 aromatic rings. The van der Waals surface area contributed by atoms with Crippen LogP contribution in [-0.2, 0) is 0 Å². The number of benzene rings is 1. The standard InChI is InChI=1S/C24H23FN4O2S/c1-14-18(11-26)8-9-27-23(14)31-24(22(30)21-12-32-13-28-21)10-20(15(2)29-16(24)3)17-4-6-19(25)7-5-17/h4-9,12-13,15-16,20,29H,10H2,1-3H3/t15-,16?,20?,24-/m1/s1. The molecule has 4 rings (SSSR count). The Labute approximate surface area is 190 Å². The van der Waals surface area contributed by atoms with Crippen molar-refractivity contribution in [2.24, 2.45) is 0 Å². The van der Waals surface area contributed by atoms with E-state index in [-0.39, 0.29) is 35.5 Å². The van der Waals surface area contributed by atoms with Crippen LogP contribution < -0.4 is 10.1 Å². The number of halogens is 1. The van der Waals surface area contributed by atoms with Crippen LogP contribution in [0.15, 0.2) is 47.4 Å². The number of pyridine rings is 1. The van der Waals surface area contributed by atoms with E-state index in [0.717, 1.165) is 5.56 Å². The van der Waals surface area contributed by atoms with Gasteiger partial charge in [0.1, 0.15) is 11.5 Å². The molecule has 3 heterocycles. The Hall–Kier alpha value is -3.15. The monoisotopic (exact) mass is 450 g/mol. The van der Waals surface area contributed by atoms with Gasteiger partial charge in [-0.1, -0.05) is 12.1 Å². The Morgan fingerprint density at radius 1 is 1.28 bits per heavy atom. The zero-order valence-electron chi connectivity index (χ0n) is 18.0. The van der Waals surface area contributed by atoms with Crippen molar-refractivity contribution in [3.05, 3.63) is 75.6 Å². The smallest absolute Gasteiger partial charge is 0.227 e. The van der Waals surface area contributed by atoms with Crippen molar-refractivity contribution in [2.45, 2.75) is 50.8 Å². The summed E-state index contributed by atoms with van der Waals surface area (Å²) in [6, 6.07) is 9.74. The number of nitriles is 1. The van der Waals surface area contributed by atoms with Crippen LogP contribution in [0.25, 0.3) is 0 Å². The van der Waals surface area contributed by atoms with Gasteiger partial charge >= 0.3 is 0 Å². The Morgan fingerprint density at radius 2 is 2.03 bits per heavy atom. The molecule has 0 saturated carbocycles. The average molecular weight is 451 g/mol. The topological polar surface area (TPSA) is 87.9 Å². The van der Waals surface area contributed by atoms with Crippen molar-refractivity contribution in [1.29, 1.82) is 5.26 Å². The first-order chi connectivity index (χ1) is 15.4. The number of Topliss-reactive ketones (excluding diaryl/α,β-unsaturated/α-hetero) is 1. The van der Waals surface area contributed by atoms with Crippen LogP contribution >= 0.6 is 11.3 Å². The minimum Gasteiger partial charge on any atom is -0.461 e. The number of thiazole rings is 1. The number of ketones is 1. The lowest BCUT2D eigenvalue weighted by Crippen LogP contribution is -2.65. The molecule has 1 fully saturated rings. The number of rotatable bonds is 5. The van der Waals surface area contributed by atoms with Crippen molar-refractivity contribution in [2.75, 3.05) is 0 Å². The number of hydrogen-bond donors (Lipinski definition) is 1. The summed E-state index contributed by atoms with van der Waals surface area (Å²) in [5.41, 5.74) is 2.54. The molecule has 0 spiro atoms. The quantitative estimate of drug-likeness (QED) is 0.579. The molecule has 6 nitrogen and oxygen atoms in total. The maximum Gasteiger partial charge on any atom is 0.227 e. The molecule has 0 aliphatic carbocycles. The lowest BCUT2D eigenvalue weighted by molar-refractivity contribution is -0.00217. The molecule has 0 amide bonds. The highest BCUT2D eigenvalue weighted by molar-refractivity contribution is 7.07. The summed E-state index contributed by atoms with van der Waals surface area (Å²) in [7, 11) is 0. The van der Waals surface area contributed by atoms with Crippen molar-refractivity contribution in [1.82, 2.24) is 15.3 Å². The molecule has 2 aromatic heterocycles. The molecular weight excluding hydrogens is 427 g/mol. The van der Waals surface area contributed by atoms with Gasteiger partial charge in [-0.25, -0.2) is 14.4 Å². The van der Waals surface area contributed by atoms with E-state index < -0.39 is 5.60 Å². The predicted octanol–water partition coefficient (Wildman–Crippen LogP) is 4.41. The number of hydrogen-bond acceptors (Lipinski definition) is 7. The van der Waals surface area contributed by atoms with Crippen LogP contribution in [0.1, 0.15) is 53.4 Å². The summed E-state index contributed by atoms with van der Waals surface area (Å²) in [6.45, 7) is 5.70. The van der Waals surface area contributed by atoms with Gasteiger partial charge in [0.25, 0.3) is 0 Å². The van der Waals surface area contributed by atoms with Crippen molar-refractivity contribution >= 4 is 17.1 Å². The SMILES string of the molecule is Cc1c(C#N)ccnc1O[C@]1(C(=O)c2cscn2)CC(c2ccc(F)cc2)[C@@H](C)NC1C. The summed E-state index contributed by atoms with van der Waals surface area (Å²) >= 11 is 1.34. The maximum absolute atomic E-state index is 13.8. The molecule has 0 bridgehead atoms. The van der Waals surface area contributed by atoms with Gasteiger partial charge in [-0.3, -0.25) is 4.79 Å². The van der Waals surface area contributed by atoms with Gasteiger partial charge in [-0.15, -0.1) is 11.3 Å². The van der Waals surface area contributed by atoms with Gasteiger partial charge < -0.3 is 10.1 Å². The highest BCUT2D eigenvalue weighted by atomic mass is 32.1. The van der Waals surface area contributed by atoms with E-state index in [4.69, 9.17) is 4.74 Å². The van der Waals surface area contributed by atoms with Gasteiger partial charge in [0.2, 0.25) is 11.7 Å². The summed E-state index contributed by atoms with van der Waals surface area (Å²) < 4.78 is 20.0. The normalized spacial score (nSPS) is 25.2. The van der Waals surface area contributed by atoms with Crippen LogP contribution in [0, 0.1) is 24.1 Å². The van der Waals surface area contributed by atoms with Gasteiger partial charge in [0, 0.05) is 35.5 Å². The van der Waals surface area contributed by atoms with E-state index >= 15 is 0 Å². The highest BCUT2D eigenvalue weighted by Crippen LogP contribution is 2.41. The van der Waals surface area contributed by atoms with Crippen LogP contribution in [-0.4, -0.2) is 33.4 Å². The van der Waals surface area contributed by atoms with Crippen LogP contribution in [0.3, 0.4) is 0 Å². The third kappa shape index (κ3) is 3.90. The number of nitrogens with one attached hydrogen (secondary N) is 1. The lowest BCUT2D eigenvalue weighted by atomic mass is 9.72. The second-order valence-corrected chi connectivity index (χ2v) is 8.85. The number of carbonyl (C=O) groups excluding carboxylic acids is 1. The number of nitrogens with zero attached hydrogens (tertiary/aromatic N) is 3. The first-order valence-electron chi connectivity index (χ1n) is 10.3. The third-order valence-electron chi connectivity index (χ3n) is 6.24. The first kappa shape index (κ1) is 22.1. The molecule has 1 N–H and O–H groups in total. The molecule has 1 aliphatic rings. The fourth-order valence-corrected chi connectivity index (χ4v) is 4.89. The molecular formula is C24H23FN4O2S. The van der Waals surface area contributed by atoms with E-state index in [1.807, 2.05) is 13.8 Å². The largest absolute Gasteiger partial charge is 0.461 e. The number of piperidine rings is 1. The lowest BCUT2D eigenvalue weighted by Gasteiger charge is -2.47. The zero-order chi connectivity index (χ0) is 22.9. The van der Waals surface area contributed by atoms with Crippen LogP contribution in [0.5, 0.6) is 5.88 Å². The Morgan fingerprint density at radius 3 is 2.69 bits per heavy atom. The summed E-state index contributed by atoms with van der Waals surface area (Å²) in [6.07, 6.45) is 1.85. The van der Waals surface area contributed by atoms with E-state index in [0.29, 0.717) is 23.2 Å². The van der Waals surface area contributed by atoms with E-state index in [1.54, 1.807) is 36.0 Å². The molecule has 4 atom stereocenters. The van der Waals surface area contributed by atoms with Gasteiger partial charge in [0.15, 0.2) is 5.60 Å². The molecule has 0 radical (unpaired) electrons. The van der Waals surface area contributed by atoms with Gasteiger partial charge in [-0.05, 0) is 44.5 Å². The van der Waals surface area contributed by atoms with E-state index in [9.17, 15) is 14.4 Å². The molecule has 1 aliphatic heterocycles. The fourth-order valence-electron chi connectivity index (χ4n) is 4.36. The van der Waals surface area contributed by atoms with E-state index in [1.165, 1.54) is 29.7 Å². The van der Waals surface area contributed by atoms with E-state index in [2.05, 4.69) is 21.4 Å². The minimum atomic E-state index is -1.31. The molecule has 8 heteroatoms. The number of aromatic nitrogens is 2. The predicted molar refractivity (Wildman–Crippen MR) is 119 cm³/mol. The summed E-state index contributed by atoms with van der Waals surface area (Å²) in [5, 5.41) is 14.6. The van der Waals surface area contributed by atoms with Gasteiger partial charge in [0.05, 0.1) is 23.2 Å². The molecule has 164 valence electrons. The van der Waals surface area contributed by atoms with Crippen molar-refractivity contribution in [3.8, 4) is 11.9 Å². The second-order valence-electron chi connectivity index (χ2n) is 8.13. The average Bonchev–Trinajstić information content (AvgIpc) is 3.32. The van der Waals surface area contributed by atoms with Crippen molar-refractivity contribution < 1.29 is 13.9 Å². The highest BCUT2D eigenvalue weighted by Gasteiger charge is 2.53. The Balaban J connectivity index is 1.82. The van der Waals surface area contributed by atoms with Gasteiger partial charge in [-0.2, -0.15) is 5.26 Å². The Bertz CT molecular complexity index is 1160. The number of carbonyl (C=O) groups is 1. The van der Waals surface area contributed by atoms with Crippen LogP contribution in [0.4, 0.5) is 4.39 Å². The first-order valence-corrected chi connectivity index (χ1v) is 11.3.